The van der Waals surface area contributed by atoms with Gasteiger partial charge in [-0.15, -0.1) is 5.10 Å². The molecule has 0 bridgehead atoms. The van der Waals surface area contributed by atoms with E-state index in [2.05, 4.69) is 32.4 Å². The molecule has 0 saturated heterocycles. The van der Waals surface area contributed by atoms with Gasteiger partial charge in [-0.3, -0.25) is 4.98 Å². The summed E-state index contributed by atoms with van der Waals surface area (Å²) in [5.74, 6) is -1.50. The van der Waals surface area contributed by atoms with Gasteiger partial charge in [0.05, 0.1) is 6.54 Å². The lowest BCUT2D eigenvalue weighted by molar-refractivity contribution is -0.207. The number of halogens is 7. The normalized spacial score (nSPS) is 14.3. The molecule has 39 heavy (non-hydrogen) atoms. The van der Waals surface area contributed by atoms with E-state index in [1.165, 1.54) is 12.1 Å². The van der Waals surface area contributed by atoms with Crippen LogP contribution >= 0.6 is 0 Å². The highest BCUT2D eigenvalue weighted by Crippen LogP contribution is 2.46. The highest BCUT2D eigenvalue weighted by atomic mass is 19.4. The number of hydrogen-bond donors (Lipinski definition) is 2. The van der Waals surface area contributed by atoms with Gasteiger partial charge < -0.3 is 10.2 Å². The summed E-state index contributed by atoms with van der Waals surface area (Å²) in [6.07, 6.45) is -5.61. The second-order valence-electron chi connectivity index (χ2n) is 8.31. The number of benzene rings is 2. The summed E-state index contributed by atoms with van der Waals surface area (Å²) in [6.45, 7) is -1.02. The maximum absolute atomic E-state index is 15.7. The van der Waals surface area contributed by atoms with Crippen LogP contribution in [0.3, 0.4) is 0 Å². The van der Waals surface area contributed by atoms with Gasteiger partial charge >= 0.3 is 12.1 Å². The Hall–Kier alpha value is -4.35. The lowest BCUT2D eigenvalue weighted by atomic mass is 9.84. The van der Waals surface area contributed by atoms with Crippen LogP contribution in [-0.2, 0) is 18.1 Å². The SMILES string of the molecule is OC(c1ccc(C#Cc2ccc(C(F)(F)C(O)(Cn3cnnn3)c3ccc(F)cc3F)nc2)cc1)C(F)(F)F. The van der Waals surface area contributed by atoms with Crippen molar-refractivity contribution < 1.29 is 40.9 Å². The average Bonchev–Trinajstić information content (AvgIpc) is 3.39. The first-order chi connectivity index (χ1) is 18.3. The van der Waals surface area contributed by atoms with Gasteiger partial charge in [0.25, 0.3) is 0 Å². The van der Waals surface area contributed by atoms with Gasteiger partial charge in [0.2, 0.25) is 0 Å². The monoisotopic (exact) mass is 551 g/mol. The topological polar surface area (TPSA) is 97.0 Å². The highest BCUT2D eigenvalue weighted by molar-refractivity contribution is 5.43. The van der Waals surface area contributed by atoms with Gasteiger partial charge in [-0.25, -0.2) is 13.5 Å². The van der Waals surface area contributed by atoms with E-state index in [1.54, 1.807) is 0 Å². The fourth-order valence-corrected chi connectivity index (χ4v) is 3.61. The molecule has 2 unspecified atom stereocenters. The van der Waals surface area contributed by atoms with E-state index in [0.29, 0.717) is 18.2 Å². The lowest BCUT2D eigenvalue weighted by Gasteiger charge is -2.35. The van der Waals surface area contributed by atoms with Gasteiger partial charge in [0, 0.05) is 29.0 Å². The fraction of sp³-hybridized carbons (Fsp3) is 0.200. The number of aliphatic hydroxyl groups is 2. The average molecular weight is 551 g/mol. The van der Waals surface area contributed by atoms with E-state index in [4.69, 9.17) is 0 Å². The minimum atomic E-state index is -4.83. The molecule has 0 aliphatic heterocycles. The Kier molecular flexibility index (Phi) is 7.40. The van der Waals surface area contributed by atoms with Crippen molar-refractivity contribution in [3.05, 3.63) is 107 Å². The van der Waals surface area contributed by atoms with E-state index in [1.807, 2.05) is 0 Å². The Morgan fingerprint density at radius 3 is 2.13 bits per heavy atom. The van der Waals surface area contributed by atoms with Crippen LogP contribution in [0.5, 0.6) is 0 Å². The van der Waals surface area contributed by atoms with Crippen molar-refractivity contribution in [1.82, 2.24) is 25.2 Å². The van der Waals surface area contributed by atoms with Gasteiger partial charge in [0.1, 0.15) is 23.7 Å². The number of aromatic nitrogens is 5. The first-order valence-corrected chi connectivity index (χ1v) is 10.9. The minimum absolute atomic E-state index is 0.130. The van der Waals surface area contributed by atoms with Crippen LogP contribution in [0.1, 0.15) is 34.1 Å². The second-order valence-corrected chi connectivity index (χ2v) is 8.31. The summed E-state index contributed by atoms with van der Waals surface area (Å²) in [5.41, 5.74) is -5.18. The minimum Gasteiger partial charge on any atom is -0.379 e. The van der Waals surface area contributed by atoms with Crippen LogP contribution in [0.25, 0.3) is 0 Å². The molecule has 14 heteroatoms. The fourth-order valence-electron chi connectivity index (χ4n) is 3.61. The Morgan fingerprint density at radius 2 is 1.56 bits per heavy atom. The number of tetrazole rings is 1. The molecule has 2 heterocycles. The predicted molar refractivity (Wildman–Crippen MR) is 120 cm³/mol. The molecule has 0 aliphatic rings. The summed E-state index contributed by atoms with van der Waals surface area (Å²) in [4.78, 5) is 3.67. The number of hydrogen-bond acceptors (Lipinski definition) is 6. The number of rotatable bonds is 6. The third-order valence-corrected chi connectivity index (χ3v) is 5.65. The summed E-state index contributed by atoms with van der Waals surface area (Å²) in [7, 11) is 0. The van der Waals surface area contributed by atoms with E-state index >= 15 is 8.78 Å². The molecule has 0 amide bonds. The number of aliphatic hydroxyl groups excluding tert-OH is 1. The Labute approximate surface area is 215 Å². The van der Waals surface area contributed by atoms with Gasteiger partial charge in [-0.1, -0.05) is 24.0 Å². The zero-order valence-electron chi connectivity index (χ0n) is 19.4. The van der Waals surface area contributed by atoms with E-state index in [0.717, 1.165) is 41.5 Å². The quantitative estimate of drug-likeness (QED) is 0.278. The molecular weight excluding hydrogens is 535 g/mol. The summed E-state index contributed by atoms with van der Waals surface area (Å²) >= 11 is 0. The molecule has 0 spiro atoms. The third kappa shape index (κ3) is 5.74. The molecule has 2 atom stereocenters. The largest absolute Gasteiger partial charge is 0.418 e. The Bertz CT molecular complexity index is 1500. The standard InChI is InChI=1S/C25H16F7N5O2/c26-18-8-9-19(20(27)11-18)23(39,13-37-14-34-35-36-37)24(28,29)21-10-5-16(12-33-21)2-1-15-3-6-17(7-4-15)22(38)25(30,31)32/h3-12,14,22,38-39H,13H2. The molecule has 202 valence electrons. The van der Waals surface area contributed by atoms with Crippen molar-refractivity contribution in [2.75, 3.05) is 0 Å². The molecule has 2 aromatic carbocycles. The van der Waals surface area contributed by atoms with Crippen LogP contribution < -0.4 is 0 Å². The molecule has 7 nitrogen and oxygen atoms in total. The van der Waals surface area contributed by atoms with Crippen molar-refractivity contribution in [1.29, 1.82) is 0 Å². The molecule has 4 rings (SSSR count). The van der Waals surface area contributed by atoms with Crippen LogP contribution in [0.15, 0.2) is 67.1 Å². The van der Waals surface area contributed by atoms with Crippen molar-refractivity contribution in [2.45, 2.75) is 30.3 Å². The molecule has 0 saturated carbocycles. The number of nitrogens with zero attached hydrogens (tertiary/aromatic N) is 5. The zero-order chi connectivity index (χ0) is 28.4. The molecule has 2 N–H and O–H groups in total. The summed E-state index contributed by atoms with van der Waals surface area (Å²) < 4.78 is 98.1. The first-order valence-electron chi connectivity index (χ1n) is 10.9. The van der Waals surface area contributed by atoms with Crippen molar-refractivity contribution in [3.8, 4) is 11.8 Å². The zero-order valence-corrected chi connectivity index (χ0v) is 19.4. The van der Waals surface area contributed by atoms with Crippen molar-refractivity contribution in [3.63, 3.8) is 0 Å². The van der Waals surface area contributed by atoms with Crippen LogP contribution in [-0.4, -0.2) is 41.6 Å². The third-order valence-electron chi connectivity index (χ3n) is 5.65. The molecule has 2 aromatic heterocycles. The Balaban J connectivity index is 1.62. The first kappa shape index (κ1) is 27.7. The predicted octanol–water partition coefficient (Wildman–Crippen LogP) is 4.02. The van der Waals surface area contributed by atoms with Crippen LogP contribution in [0.4, 0.5) is 30.7 Å². The van der Waals surface area contributed by atoms with Crippen LogP contribution in [0, 0.1) is 23.5 Å². The number of pyridine rings is 1. The van der Waals surface area contributed by atoms with Crippen molar-refractivity contribution >= 4 is 0 Å². The highest BCUT2D eigenvalue weighted by Gasteiger charge is 2.58. The van der Waals surface area contributed by atoms with Gasteiger partial charge in [-0.2, -0.15) is 22.0 Å². The lowest BCUT2D eigenvalue weighted by Crippen LogP contribution is -2.48. The maximum atomic E-state index is 15.7. The van der Waals surface area contributed by atoms with E-state index in [9.17, 15) is 32.2 Å². The maximum Gasteiger partial charge on any atom is 0.418 e. The van der Waals surface area contributed by atoms with Gasteiger partial charge in [-0.05, 0) is 52.4 Å². The summed E-state index contributed by atoms with van der Waals surface area (Å²) in [5, 5.41) is 30.5. The van der Waals surface area contributed by atoms with Gasteiger partial charge in [0.15, 0.2) is 11.7 Å². The molecule has 0 radical (unpaired) electrons. The smallest absolute Gasteiger partial charge is 0.379 e. The second kappa shape index (κ2) is 10.4. The molecule has 4 aromatic rings. The number of alkyl halides is 5. The van der Waals surface area contributed by atoms with Crippen molar-refractivity contribution in [2.24, 2.45) is 0 Å². The van der Waals surface area contributed by atoms with E-state index in [-0.39, 0.29) is 16.7 Å². The summed E-state index contributed by atoms with van der Waals surface area (Å²) in [6, 6.07) is 8.30. The van der Waals surface area contributed by atoms with E-state index < -0.39 is 53.2 Å². The van der Waals surface area contributed by atoms with Crippen LogP contribution in [0.2, 0.25) is 0 Å². The molecular formula is C25H16F7N5O2. The Morgan fingerprint density at radius 1 is 0.897 bits per heavy atom. The molecule has 0 fully saturated rings. The molecule has 0 aliphatic carbocycles.